The van der Waals surface area contributed by atoms with Gasteiger partial charge in [0.25, 0.3) is 11.5 Å². The second-order valence-electron chi connectivity index (χ2n) is 9.11. The van der Waals surface area contributed by atoms with Gasteiger partial charge in [0.05, 0.1) is 10.9 Å². The summed E-state index contributed by atoms with van der Waals surface area (Å²) in [6.45, 7) is 6.10. The van der Waals surface area contributed by atoms with E-state index in [0.717, 1.165) is 63.9 Å². The molecule has 0 spiro atoms. The van der Waals surface area contributed by atoms with Crippen LogP contribution in [0.2, 0.25) is 0 Å². The summed E-state index contributed by atoms with van der Waals surface area (Å²) < 4.78 is 1.80. The average molecular weight is 425 g/mol. The first-order valence-electron chi connectivity index (χ1n) is 11.6. The van der Waals surface area contributed by atoms with Gasteiger partial charge in [0.2, 0.25) is 5.91 Å². The third-order valence-electron chi connectivity index (χ3n) is 6.47. The number of hydrogen-bond donors (Lipinski definition) is 1. The molecule has 1 aromatic heterocycles. The molecule has 1 fully saturated rings. The molecule has 2 amide bonds. The zero-order valence-electron chi connectivity index (χ0n) is 18.5. The van der Waals surface area contributed by atoms with Gasteiger partial charge in [0, 0.05) is 31.6 Å². The van der Waals surface area contributed by atoms with E-state index < -0.39 is 6.04 Å². The minimum absolute atomic E-state index is 0.0139. The smallest absolute Gasteiger partial charge is 0.261 e. The molecule has 0 saturated carbocycles. The van der Waals surface area contributed by atoms with Gasteiger partial charge in [-0.2, -0.15) is 0 Å². The molecular formula is C24H32N4O3. The van der Waals surface area contributed by atoms with Crippen molar-refractivity contribution >= 4 is 22.7 Å². The molecule has 2 aliphatic heterocycles. The number of carbonyl (C=O) groups is 2. The van der Waals surface area contributed by atoms with Crippen molar-refractivity contribution in [3.8, 4) is 0 Å². The van der Waals surface area contributed by atoms with Crippen LogP contribution in [-0.2, 0) is 17.8 Å². The van der Waals surface area contributed by atoms with Crippen molar-refractivity contribution in [3.63, 3.8) is 0 Å². The first kappa shape index (κ1) is 21.5. The van der Waals surface area contributed by atoms with E-state index in [0.29, 0.717) is 23.0 Å². The van der Waals surface area contributed by atoms with Gasteiger partial charge in [0.15, 0.2) is 0 Å². The van der Waals surface area contributed by atoms with Crippen LogP contribution in [0.5, 0.6) is 0 Å². The molecule has 0 aliphatic carbocycles. The zero-order chi connectivity index (χ0) is 22.0. The second kappa shape index (κ2) is 9.20. The van der Waals surface area contributed by atoms with E-state index in [4.69, 9.17) is 4.98 Å². The number of rotatable bonds is 4. The van der Waals surface area contributed by atoms with Crippen LogP contribution in [0.1, 0.15) is 68.6 Å². The Kier molecular flexibility index (Phi) is 6.39. The Labute approximate surface area is 182 Å². The molecule has 1 N–H and O–H groups in total. The highest BCUT2D eigenvalue weighted by atomic mass is 16.2. The Morgan fingerprint density at radius 3 is 2.45 bits per heavy atom. The van der Waals surface area contributed by atoms with Gasteiger partial charge < -0.3 is 10.2 Å². The lowest BCUT2D eigenvalue weighted by Gasteiger charge is -2.26. The van der Waals surface area contributed by atoms with Crippen molar-refractivity contribution in [1.82, 2.24) is 19.8 Å². The number of nitrogens with zero attached hydrogens (tertiary/aromatic N) is 3. The van der Waals surface area contributed by atoms with Crippen LogP contribution in [0.15, 0.2) is 23.0 Å². The zero-order valence-corrected chi connectivity index (χ0v) is 18.5. The van der Waals surface area contributed by atoms with Crippen LogP contribution in [0, 0.1) is 5.92 Å². The number of aryl methyl sites for hydroxylation is 1. The minimum Gasteiger partial charge on any atom is -0.341 e. The molecular weight excluding hydrogens is 392 g/mol. The maximum Gasteiger partial charge on any atom is 0.261 e. The minimum atomic E-state index is -0.560. The normalized spacial score (nSPS) is 17.8. The summed E-state index contributed by atoms with van der Waals surface area (Å²) in [5.74, 6) is 0.472. The molecule has 0 radical (unpaired) electrons. The van der Waals surface area contributed by atoms with Crippen LogP contribution < -0.4 is 10.9 Å². The van der Waals surface area contributed by atoms with Crippen molar-refractivity contribution in [2.24, 2.45) is 5.92 Å². The Bertz CT molecular complexity index is 1040. The van der Waals surface area contributed by atoms with Gasteiger partial charge in [-0.15, -0.1) is 0 Å². The number of benzene rings is 1. The summed E-state index contributed by atoms with van der Waals surface area (Å²) in [4.78, 5) is 45.5. The second-order valence-corrected chi connectivity index (χ2v) is 9.11. The predicted molar refractivity (Wildman–Crippen MR) is 120 cm³/mol. The first-order valence-corrected chi connectivity index (χ1v) is 11.6. The summed E-state index contributed by atoms with van der Waals surface area (Å²) in [6, 6.07) is 4.48. The van der Waals surface area contributed by atoms with Crippen LogP contribution >= 0.6 is 0 Å². The molecule has 2 aliphatic rings. The lowest BCUT2D eigenvalue weighted by atomic mass is 10.0. The highest BCUT2D eigenvalue weighted by molar-refractivity contribution is 6.00. The van der Waals surface area contributed by atoms with E-state index in [1.807, 2.05) is 18.7 Å². The molecule has 7 nitrogen and oxygen atoms in total. The van der Waals surface area contributed by atoms with E-state index >= 15 is 0 Å². The van der Waals surface area contributed by atoms with Crippen LogP contribution in [0.4, 0.5) is 0 Å². The van der Waals surface area contributed by atoms with Gasteiger partial charge in [-0.1, -0.05) is 26.7 Å². The molecule has 7 heteroatoms. The van der Waals surface area contributed by atoms with Crippen molar-refractivity contribution in [2.75, 3.05) is 13.1 Å². The highest BCUT2D eigenvalue weighted by Crippen LogP contribution is 2.18. The molecule has 2 aromatic rings. The third-order valence-corrected chi connectivity index (χ3v) is 6.47. The molecule has 4 rings (SSSR count). The van der Waals surface area contributed by atoms with E-state index in [1.54, 1.807) is 22.8 Å². The maximum atomic E-state index is 13.0. The fourth-order valence-corrected chi connectivity index (χ4v) is 4.61. The number of hydrogen-bond acceptors (Lipinski definition) is 4. The molecule has 0 unspecified atom stereocenters. The first-order chi connectivity index (χ1) is 15.0. The van der Waals surface area contributed by atoms with Crippen molar-refractivity contribution < 1.29 is 9.59 Å². The standard InChI is InChI=1S/C24H32N4O3/c1-16(2)21(24(31)27-12-7-8-13-27)26-22(29)17-10-11-18-19(15-17)25-20-9-5-3-4-6-14-28(20)23(18)30/h10-11,15-16,21H,3-9,12-14H2,1-2H3,(H,26,29)/t21-/m0/s1. The van der Waals surface area contributed by atoms with E-state index in [-0.39, 0.29) is 23.3 Å². The molecule has 0 bridgehead atoms. The van der Waals surface area contributed by atoms with Gasteiger partial charge in [0.1, 0.15) is 11.9 Å². The summed E-state index contributed by atoms with van der Waals surface area (Å²) >= 11 is 0. The summed E-state index contributed by atoms with van der Waals surface area (Å²) in [7, 11) is 0. The Balaban J connectivity index is 1.61. The Hall–Kier alpha value is -2.70. The number of amides is 2. The quantitative estimate of drug-likeness (QED) is 0.818. The number of fused-ring (bicyclic) bond motifs is 2. The highest BCUT2D eigenvalue weighted by Gasteiger charge is 2.30. The van der Waals surface area contributed by atoms with Gasteiger partial charge in [-0.05, 0) is 49.8 Å². The molecule has 166 valence electrons. The summed E-state index contributed by atoms with van der Waals surface area (Å²) in [5, 5.41) is 3.46. The van der Waals surface area contributed by atoms with Crippen molar-refractivity contribution in [3.05, 3.63) is 39.9 Å². The van der Waals surface area contributed by atoms with Gasteiger partial charge >= 0.3 is 0 Å². The van der Waals surface area contributed by atoms with Gasteiger partial charge in [-0.25, -0.2) is 4.98 Å². The maximum absolute atomic E-state index is 13.0. The third kappa shape index (κ3) is 4.50. The summed E-state index contributed by atoms with van der Waals surface area (Å²) in [5.41, 5.74) is 0.949. The summed E-state index contributed by atoms with van der Waals surface area (Å²) in [6.07, 6.45) is 7.10. The fraction of sp³-hybridized carbons (Fsp3) is 0.583. The molecule has 31 heavy (non-hydrogen) atoms. The topological polar surface area (TPSA) is 84.3 Å². The van der Waals surface area contributed by atoms with Crippen LogP contribution in [-0.4, -0.2) is 45.4 Å². The largest absolute Gasteiger partial charge is 0.341 e. The van der Waals surface area contributed by atoms with E-state index in [9.17, 15) is 14.4 Å². The van der Waals surface area contributed by atoms with Crippen LogP contribution in [0.3, 0.4) is 0 Å². The monoisotopic (exact) mass is 424 g/mol. The Morgan fingerprint density at radius 2 is 1.71 bits per heavy atom. The molecule has 1 saturated heterocycles. The SMILES string of the molecule is CC(C)[C@H](NC(=O)c1ccc2c(=O)n3c(nc2c1)CCCCCC3)C(=O)N1CCCC1. The lowest BCUT2D eigenvalue weighted by Crippen LogP contribution is -2.50. The average Bonchev–Trinajstić information content (AvgIpc) is 3.27. The molecule has 1 atom stereocenters. The van der Waals surface area contributed by atoms with Crippen LogP contribution in [0.25, 0.3) is 10.9 Å². The van der Waals surface area contributed by atoms with E-state index in [1.165, 1.54) is 0 Å². The fourth-order valence-electron chi connectivity index (χ4n) is 4.61. The number of carbonyl (C=O) groups excluding carboxylic acids is 2. The number of likely N-dealkylation sites (tertiary alicyclic amines) is 1. The lowest BCUT2D eigenvalue weighted by molar-refractivity contribution is -0.133. The van der Waals surface area contributed by atoms with Crippen molar-refractivity contribution in [2.45, 2.75) is 71.4 Å². The van der Waals surface area contributed by atoms with Gasteiger partial charge in [-0.3, -0.25) is 19.0 Å². The molecule has 1 aromatic carbocycles. The van der Waals surface area contributed by atoms with Crippen molar-refractivity contribution in [1.29, 1.82) is 0 Å². The molecule has 3 heterocycles. The Morgan fingerprint density at radius 1 is 1.00 bits per heavy atom. The number of aromatic nitrogens is 2. The number of nitrogens with one attached hydrogen (secondary N) is 1. The van der Waals surface area contributed by atoms with E-state index in [2.05, 4.69) is 5.32 Å². The predicted octanol–water partition coefficient (Wildman–Crippen LogP) is 2.89.